The molecule has 0 aliphatic rings. The maximum Gasteiger partial charge on any atom is 0.314 e. The molecule has 1 atom stereocenters. The summed E-state index contributed by atoms with van der Waals surface area (Å²) in [7, 11) is 0. The quantitative estimate of drug-likeness (QED) is 0.482. The first-order valence-electron chi connectivity index (χ1n) is 7.76. The average molecular weight is 302 g/mol. The van der Waals surface area contributed by atoms with E-state index in [1.165, 1.54) is 0 Å². The minimum atomic E-state index is -0.823. The second kappa shape index (κ2) is 12.4. The van der Waals surface area contributed by atoms with Crippen molar-refractivity contribution in [2.45, 2.75) is 46.5 Å². The molecule has 2 amide bonds. The minimum absolute atomic E-state index is 0.0267. The van der Waals surface area contributed by atoms with Crippen LogP contribution in [0.1, 0.15) is 46.5 Å². The zero-order valence-electron chi connectivity index (χ0n) is 13.5. The lowest BCUT2D eigenvalue weighted by Gasteiger charge is -2.18. The van der Waals surface area contributed by atoms with Crippen LogP contribution in [0.15, 0.2) is 0 Å². The topological polar surface area (TPSA) is 87.7 Å². The van der Waals surface area contributed by atoms with Gasteiger partial charge in [0.25, 0.3) is 0 Å². The van der Waals surface area contributed by atoms with E-state index < -0.39 is 5.97 Å². The monoisotopic (exact) mass is 302 g/mol. The summed E-state index contributed by atoms with van der Waals surface area (Å²) >= 11 is 0. The Hall–Kier alpha value is -1.30. The van der Waals surface area contributed by atoms with Gasteiger partial charge in [0.15, 0.2) is 0 Å². The van der Waals surface area contributed by atoms with Crippen molar-refractivity contribution < 1.29 is 19.4 Å². The molecule has 3 N–H and O–H groups in total. The highest BCUT2D eigenvalue weighted by atomic mass is 16.5. The van der Waals surface area contributed by atoms with Gasteiger partial charge in [0.1, 0.15) is 0 Å². The number of urea groups is 1. The number of nitrogens with one attached hydrogen (secondary N) is 2. The Morgan fingerprint density at radius 1 is 1.19 bits per heavy atom. The van der Waals surface area contributed by atoms with E-state index in [1.807, 2.05) is 13.8 Å². The van der Waals surface area contributed by atoms with Crippen molar-refractivity contribution in [1.82, 2.24) is 10.6 Å². The van der Waals surface area contributed by atoms with Gasteiger partial charge in [0.05, 0.1) is 0 Å². The minimum Gasteiger partial charge on any atom is -0.481 e. The van der Waals surface area contributed by atoms with E-state index >= 15 is 0 Å². The SMILES string of the molecule is CCCOCCCNC(=O)NC[C@H](CC(=O)O)CC(C)C. The van der Waals surface area contributed by atoms with Crippen LogP contribution in [0.4, 0.5) is 4.79 Å². The second-order valence-corrected chi connectivity index (χ2v) is 5.70. The summed E-state index contributed by atoms with van der Waals surface area (Å²) in [4.78, 5) is 22.4. The number of carboxylic acid groups (broad SMARTS) is 1. The molecule has 0 fully saturated rings. The third-order valence-electron chi connectivity index (χ3n) is 2.92. The zero-order chi connectivity index (χ0) is 16.1. The first kappa shape index (κ1) is 19.7. The average Bonchev–Trinajstić information content (AvgIpc) is 2.38. The maximum atomic E-state index is 11.6. The van der Waals surface area contributed by atoms with Gasteiger partial charge in [-0.15, -0.1) is 0 Å². The van der Waals surface area contributed by atoms with Crippen molar-refractivity contribution in [2.75, 3.05) is 26.3 Å². The van der Waals surface area contributed by atoms with Crippen molar-refractivity contribution in [2.24, 2.45) is 11.8 Å². The predicted octanol–water partition coefficient (Wildman–Crippen LogP) is 2.24. The third-order valence-corrected chi connectivity index (χ3v) is 2.92. The molecule has 0 rings (SSSR count). The zero-order valence-corrected chi connectivity index (χ0v) is 13.5. The third kappa shape index (κ3) is 13.4. The largest absolute Gasteiger partial charge is 0.481 e. The van der Waals surface area contributed by atoms with Crippen LogP contribution in [-0.4, -0.2) is 43.4 Å². The highest BCUT2D eigenvalue weighted by Crippen LogP contribution is 2.14. The van der Waals surface area contributed by atoms with E-state index in [9.17, 15) is 9.59 Å². The molecule has 0 saturated carbocycles. The van der Waals surface area contributed by atoms with Crippen LogP contribution in [0, 0.1) is 11.8 Å². The van der Waals surface area contributed by atoms with Crippen molar-refractivity contribution in [3.63, 3.8) is 0 Å². The van der Waals surface area contributed by atoms with Crippen molar-refractivity contribution in [3.8, 4) is 0 Å². The first-order chi connectivity index (χ1) is 9.95. The Morgan fingerprint density at radius 2 is 1.90 bits per heavy atom. The molecule has 0 aromatic carbocycles. The number of aliphatic carboxylic acids is 1. The van der Waals surface area contributed by atoms with Gasteiger partial charge in [-0.1, -0.05) is 20.8 Å². The van der Waals surface area contributed by atoms with Gasteiger partial charge in [-0.3, -0.25) is 4.79 Å². The molecule has 0 bridgehead atoms. The maximum absolute atomic E-state index is 11.6. The molecule has 0 aromatic rings. The van der Waals surface area contributed by atoms with E-state index in [4.69, 9.17) is 9.84 Å². The molecule has 6 nitrogen and oxygen atoms in total. The van der Waals surface area contributed by atoms with Gasteiger partial charge in [0, 0.05) is 32.7 Å². The summed E-state index contributed by atoms with van der Waals surface area (Å²) in [5.41, 5.74) is 0. The number of amides is 2. The predicted molar refractivity (Wildman–Crippen MR) is 82.3 cm³/mol. The molecule has 0 aromatic heterocycles. The molecule has 0 aliphatic heterocycles. The molecular formula is C15H30N2O4. The number of carbonyl (C=O) groups excluding carboxylic acids is 1. The molecule has 0 spiro atoms. The van der Waals surface area contributed by atoms with Crippen LogP contribution in [0.25, 0.3) is 0 Å². The van der Waals surface area contributed by atoms with E-state index in [2.05, 4.69) is 17.6 Å². The van der Waals surface area contributed by atoms with E-state index in [-0.39, 0.29) is 18.4 Å². The lowest BCUT2D eigenvalue weighted by molar-refractivity contribution is -0.138. The summed E-state index contributed by atoms with van der Waals surface area (Å²) in [5, 5.41) is 14.3. The Labute approximate surface area is 127 Å². The summed E-state index contributed by atoms with van der Waals surface area (Å²) in [6.07, 6.45) is 2.65. The molecule has 0 radical (unpaired) electrons. The van der Waals surface area contributed by atoms with E-state index in [1.54, 1.807) is 0 Å². The van der Waals surface area contributed by atoms with Gasteiger partial charge >= 0.3 is 12.0 Å². The summed E-state index contributed by atoms with van der Waals surface area (Å²) < 4.78 is 5.31. The Bertz CT molecular complexity index is 295. The molecule has 21 heavy (non-hydrogen) atoms. The summed E-state index contributed by atoms with van der Waals surface area (Å²) in [6, 6.07) is -0.246. The molecule has 124 valence electrons. The highest BCUT2D eigenvalue weighted by molar-refractivity contribution is 5.74. The standard InChI is InChI=1S/C15H30N2O4/c1-4-7-21-8-5-6-16-15(20)17-11-13(9-12(2)3)10-14(18)19/h12-13H,4-11H2,1-3H3,(H,18,19)(H2,16,17,20)/t13-/m0/s1. The molecular weight excluding hydrogens is 272 g/mol. The molecule has 0 aliphatic carbocycles. The fourth-order valence-electron chi connectivity index (χ4n) is 2.07. The van der Waals surface area contributed by atoms with Crippen molar-refractivity contribution >= 4 is 12.0 Å². The molecule has 0 heterocycles. The fraction of sp³-hybridized carbons (Fsp3) is 0.867. The Morgan fingerprint density at radius 3 is 2.48 bits per heavy atom. The Kier molecular flexibility index (Phi) is 11.7. The van der Waals surface area contributed by atoms with Crippen LogP contribution in [0.3, 0.4) is 0 Å². The van der Waals surface area contributed by atoms with E-state index in [0.717, 1.165) is 25.9 Å². The molecule has 0 unspecified atom stereocenters. The number of rotatable bonds is 12. The first-order valence-corrected chi connectivity index (χ1v) is 7.76. The lowest BCUT2D eigenvalue weighted by Crippen LogP contribution is -2.39. The second-order valence-electron chi connectivity index (χ2n) is 5.70. The lowest BCUT2D eigenvalue weighted by atomic mass is 9.94. The van der Waals surface area contributed by atoms with Crippen LogP contribution in [0.2, 0.25) is 0 Å². The van der Waals surface area contributed by atoms with Gasteiger partial charge in [-0.25, -0.2) is 4.79 Å². The number of hydrogen-bond donors (Lipinski definition) is 3. The van der Waals surface area contributed by atoms with Crippen LogP contribution < -0.4 is 10.6 Å². The van der Waals surface area contributed by atoms with Crippen LogP contribution in [-0.2, 0) is 9.53 Å². The molecule has 0 saturated heterocycles. The van der Waals surface area contributed by atoms with Gasteiger partial charge in [-0.2, -0.15) is 0 Å². The van der Waals surface area contributed by atoms with Gasteiger partial charge in [0.2, 0.25) is 0 Å². The van der Waals surface area contributed by atoms with Crippen molar-refractivity contribution in [1.29, 1.82) is 0 Å². The number of ether oxygens (including phenoxy) is 1. The van der Waals surface area contributed by atoms with Gasteiger partial charge < -0.3 is 20.5 Å². The number of hydrogen-bond acceptors (Lipinski definition) is 3. The van der Waals surface area contributed by atoms with Crippen LogP contribution in [0.5, 0.6) is 0 Å². The van der Waals surface area contributed by atoms with E-state index in [0.29, 0.717) is 25.6 Å². The van der Waals surface area contributed by atoms with Gasteiger partial charge in [-0.05, 0) is 31.1 Å². The summed E-state index contributed by atoms with van der Waals surface area (Å²) in [6.45, 7) is 8.49. The smallest absolute Gasteiger partial charge is 0.314 e. The van der Waals surface area contributed by atoms with Crippen LogP contribution >= 0.6 is 0 Å². The normalized spacial score (nSPS) is 12.2. The fourth-order valence-corrected chi connectivity index (χ4v) is 2.07. The number of carbonyl (C=O) groups is 2. The highest BCUT2D eigenvalue weighted by Gasteiger charge is 2.15. The number of carboxylic acids is 1. The summed E-state index contributed by atoms with van der Waals surface area (Å²) in [5.74, 6) is -0.438. The Balaban J connectivity index is 3.78. The van der Waals surface area contributed by atoms with Crippen molar-refractivity contribution in [3.05, 3.63) is 0 Å². The molecule has 6 heteroatoms.